The summed E-state index contributed by atoms with van der Waals surface area (Å²) in [5.41, 5.74) is 0. The van der Waals surface area contributed by atoms with Crippen LogP contribution in [0.25, 0.3) is 0 Å². The van der Waals surface area contributed by atoms with E-state index in [9.17, 15) is 4.79 Å². The Hall–Kier alpha value is -1.33. The van der Waals surface area contributed by atoms with Gasteiger partial charge in [0.1, 0.15) is 12.4 Å². The van der Waals surface area contributed by atoms with Crippen LogP contribution < -0.4 is 5.32 Å². The first kappa shape index (κ1) is 15.1. The molecule has 2 heterocycles. The van der Waals surface area contributed by atoms with Crippen LogP contribution in [0.3, 0.4) is 0 Å². The van der Waals surface area contributed by atoms with Crippen LogP contribution >= 0.6 is 0 Å². The summed E-state index contributed by atoms with van der Waals surface area (Å²) in [4.78, 5) is 14.3. The van der Waals surface area contributed by atoms with E-state index >= 15 is 0 Å². The van der Waals surface area contributed by atoms with Crippen molar-refractivity contribution in [3.8, 4) is 0 Å². The third-order valence-corrected chi connectivity index (χ3v) is 3.56. The maximum absolute atomic E-state index is 11.9. The fraction of sp³-hybridized carbons (Fsp3) is 0.667. The molecule has 1 aromatic rings. The quantitative estimate of drug-likeness (QED) is 0.777. The minimum atomic E-state index is -0.147. The number of furan rings is 1. The third-order valence-electron chi connectivity index (χ3n) is 3.56. The van der Waals surface area contributed by atoms with Crippen LogP contribution in [0.2, 0.25) is 0 Å². The van der Waals surface area contributed by atoms with Crippen molar-refractivity contribution in [3.05, 3.63) is 23.7 Å². The zero-order valence-corrected chi connectivity index (χ0v) is 12.2. The standard InChI is InChI=1S/C15H24N2O3/c1-19-12-13-6-7-14(20-13)15(18)16-8-5-11-17-9-3-2-4-10-17/h6-7H,2-5,8-12H2,1H3,(H,16,18). The Labute approximate surface area is 120 Å². The molecule has 0 atom stereocenters. The SMILES string of the molecule is COCc1ccc(C(=O)NCCCN2CCCCC2)o1. The molecule has 0 bridgehead atoms. The van der Waals surface area contributed by atoms with E-state index in [-0.39, 0.29) is 5.91 Å². The highest BCUT2D eigenvalue weighted by molar-refractivity contribution is 5.91. The molecule has 0 unspecified atom stereocenters. The number of likely N-dealkylation sites (tertiary alicyclic amines) is 1. The Balaban J connectivity index is 1.63. The summed E-state index contributed by atoms with van der Waals surface area (Å²) >= 11 is 0. The van der Waals surface area contributed by atoms with E-state index in [4.69, 9.17) is 9.15 Å². The monoisotopic (exact) mass is 280 g/mol. The highest BCUT2D eigenvalue weighted by Crippen LogP contribution is 2.09. The number of carbonyl (C=O) groups excluding carboxylic acids is 1. The Bertz CT molecular complexity index is 411. The lowest BCUT2D eigenvalue weighted by molar-refractivity contribution is 0.0914. The second-order valence-corrected chi connectivity index (χ2v) is 5.21. The fourth-order valence-electron chi connectivity index (χ4n) is 2.49. The topological polar surface area (TPSA) is 54.7 Å². The van der Waals surface area contributed by atoms with Gasteiger partial charge in [0.05, 0.1) is 0 Å². The predicted molar refractivity (Wildman–Crippen MR) is 76.7 cm³/mol. The molecule has 1 fully saturated rings. The molecule has 2 rings (SSSR count). The van der Waals surface area contributed by atoms with Gasteiger partial charge in [-0.3, -0.25) is 4.79 Å². The molecule has 1 aliphatic heterocycles. The number of rotatable bonds is 7. The first-order chi connectivity index (χ1) is 9.79. The summed E-state index contributed by atoms with van der Waals surface area (Å²) in [6, 6.07) is 3.46. The van der Waals surface area contributed by atoms with E-state index in [1.165, 1.54) is 32.4 Å². The molecule has 1 N–H and O–H groups in total. The average molecular weight is 280 g/mol. The number of piperidine rings is 1. The molecular formula is C15H24N2O3. The van der Waals surface area contributed by atoms with E-state index in [0.717, 1.165) is 13.0 Å². The van der Waals surface area contributed by atoms with E-state index in [1.807, 2.05) is 0 Å². The van der Waals surface area contributed by atoms with Gasteiger partial charge in [-0.1, -0.05) is 6.42 Å². The van der Waals surface area contributed by atoms with Gasteiger partial charge in [0, 0.05) is 13.7 Å². The highest BCUT2D eigenvalue weighted by atomic mass is 16.5. The molecule has 1 amide bonds. The summed E-state index contributed by atoms with van der Waals surface area (Å²) < 4.78 is 10.3. The van der Waals surface area contributed by atoms with Crippen LogP contribution in [0, 0.1) is 0 Å². The Kier molecular flexibility index (Phi) is 6.08. The first-order valence-corrected chi connectivity index (χ1v) is 7.38. The molecule has 1 saturated heterocycles. The molecule has 0 aliphatic carbocycles. The Morgan fingerprint density at radius 2 is 2.15 bits per heavy atom. The Morgan fingerprint density at radius 3 is 2.90 bits per heavy atom. The van der Waals surface area contributed by atoms with Crippen molar-refractivity contribution in [1.29, 1.82) is 0 Å². The maximum atomic E-state index is 11.9. The average Bonchev–Trinajstić information content (AvgIpc) is 2.94. The lowest BCUT2D eigenvalue weighted by Crippen LogP contribution is -2.33. The van der Waals surface area contributed by atoms with Crippen LogP contribution in [0.15, 0.2) is 16.5 Å². The normalized spacial score (nSPS) is 16.2. The second kappa shape index (κ2) is 8.07. The first-order valence-electron chi connectivity index (χ1n) is 7.38. The maximum Gasteiger partial charge on any atom is 0.286 e. The predicted octanol–water partition coefficient (Wildman–Crippen LogP) is 2.03. The second-order valence-electron chi connectivity index (χ2n) is 5.21. The molecule has 0 saturated carbocycles. The van der Waals surface area contributed by atoms with E-state index < -0.39 is 0 Å². The van der Waals surface area contributed by atoms with Crippen molar-refractivity contribution >= 4 is 5.91 Å². The number of ether oxygens (including phenoxy) is 1. The van der Waals surface area contributed by atoms with Crippen LogP contribution in [0.1, 0.15) is 42.0 Å². The molecule has 0 spiro atoms. The van der Waals surface area contributed by atoms with E-state index in [1.54, 1.807) is 19.2 Å². The largest absolute Gasteiger partial charge is 0.453 e. The van der Waals surface area contributed by atoms with Gasteiger partial charge in [0.25, 0.3) is 5.91 Å². The summed E-state index contributed by atoms with van der Waals surface area (Å²) in [6.07, 6.45) is 4.95. The van der Waals surface area contributed by atoms with Crippen molar-refractivity contribution in [2.24, 2.45) is 0 Å². The van der Waals surface area contributed by atoms with Crippen LogP contribution in [-0.2, 0) is 11.3 Å². The zero-order chi connectivity index (χ0) is 14.2. The van der Waals surface area contributed by atoms with Gasteiger partial charge >= 0.3 is 0 Å². The van der Waals surface area contributed by atoms with Crippen LogP contribution in [0.4, 0.5) is 0 Å². The fourth-order valence-corrected chi connectivity index (χ4v) is 2.49. The number of methoxy groups -OCH3 is 1. The molecular weight excluding hydrogens is 256 g/mol. The van der Waals surface area contributed by atoms with Crippen molar-refractivity contribution in [2.45, 2.75) is 32.3 Å². The van der Waals surface area contributed by atoms with E-state index in [0.29, 0.717) is 24.7 Å². The Morgan fingerprint density at radius 1 is 1.35 bits per heavy atom. The van der Waals surface area contributed by atoms with Gasteiger partial charge in [0.15, 0.2) is 5.76 Å². The number of nitrogens with one attached hydrogen (secondary N) is 1. The lowest BCUT2D eigenvalue weighted by Gasteiger charge is -2.26. The van der Waals surface area contributed by atoms with Crippen LogP contribution in [0.5, 0.6) is 0 Å². The summed E-state index contributed by atoms with van der Waals surface area (Å²) in [5, 5.41) is 2.89. The minimum Gasteiger partial charge on any atom is -0.453 e. The molecule has 1 aromatic heterocycles. The van der Waals surface area contributed by atoms with Gasteiger partial charge < -0.3 is 19.4 Å². The minimum absolute atomic E-state index is 0.147. The summed E-state index contributed by atoms with van der Waals surface area (Å²) in [7, 11) is 1.60. The molecule has 0 radical (unpaired) electrons. The van der Waals surface area contributed by atoms with Crippen LogP contribution in [-0.4, -0.2) is 44.1 Å². The molecule has 5 nitrogen and oxygen atoms in total. The van der Waals surface area contributed by atoms with E-state index in [2.05, 4.69) is 10.2 Å². The van der Waals surface area contributed by atoms with Gasteiger partial charge in [-0.2, -0.15) is 0 Å². The molecule has 0 aromatic carbocycles. The summed E-state index contributed by atoms with van der Waals surface area (Å²) in [5.74, 6) is 0.881. The molecule has 20 heavy (non-hydrogen) atoms. The van der Waals surface area contributed by atoms with Gasteiger partial charge in [-0.05, 0) is 51.0 Å². The molecule has 1 aliphatic rings. The van der Waals surface area contributed by atoms with Crippen molar-refractivity contribution < 1.29 is 13.9 Å². The number of amides is 1. The van der Waals surface area contributed by atoms with Gasteiger partial charge in [-0.15, -0.1) is 0 Å². The molecule has 5 heteroatoms. The summed E-state index contributed by atoms with van der Waals surface area (Å²) in [6.45, 7) is 4.55. The zero-order valence-electron chi connectivity index (χ0n) is 12.2. The highest BCUT2D eigenvalue weighted by Gasteiger charge is 2.12. The third kappa shape index (κ3) is 4.65. The molecule has 112 valence electrons. The number of hydrogen-bond donors (Lipinski definition) is 1. The number of nitrogens with zero attached hydrogens (tertiary/aromatic N) is 1. The van der Waals surface area contributed by atoms with Crippen molar-refractivity contribution in [2.75, 3.05) is 33.3 Å². The number of carbonyl (C=O) groups is 1. The smallest absolute Gasteiger partial charge is 0.286 e. The van der Waals surface area contributed by atoms with Gasteiger partial charge in [0.2, 0.25) is 0 Å². The number of hydrogen-bond acceptors (Lipinski definition) is 4. The van der Waals surface area contributed by atoms with Crippen molar-refractivity contribution in [3.63, 3.8) is 0 Å². The van der Waals surface area contributed by atoms with Crippen molar-refractivity contribution in [1.82, 2.24) is 10.2 Å². The lowest BCUT2D eigenvalue weighted by atomic mass is 10.1. The van der Waals surface area contributed by atoms with Gasteiger partial charge in [-0.25, -0.2) is 0 Å².